The van der Waals surface area contributed by atoms with Gasteiger partial charge in [-0.3, -0.25) is 4.79 Å². The maximum absolute atomic E-state index is 11.7. The van der Waals surface area contributed by atoms with Gasteiger partial charge in [0.2, 0.25) is 0 Å². The molecule has 2 rings (SSSR count). The number of carbonyl (C=O) groups excluding carboxylic acids is 1. The lowest BCUT2D eigenvalue weighted by Gasteiger charge is -2.45. The Labute approximate surface area is 104 Å². The fourth-order valence-electron chi connectivity index (χ4n) is 2.97. The highest BCUT2D eigenvalue weighted by Gasteiger charge is 2.40. The summed E-state index contributed by atoms with van der Waals surface area (Å²) in [5, 5.41) is 0. The zero-order valence-corrected chi connectivity index (χ0v) is 11.0. The molecule has 0 saturated heterocycles. The fraction of sp³-hybridized carbons (Fsp3) is 0.533. The number of benzene rings is 1. The Morgan fingerprint density at radius 2 is 1.94 bits per heavy atom. The molecule has 0 heterocycles. The molecule has 2 heteroatoms. The van der Waals surface area contributed by atoms with Crippen molar-refractivity contribution in [3.8, 4) is 0 Å². The number of hydrogen-bond donors (Lipinski definition) is 0. The van der Waals surface area contributed by atoms with Crippen LogP contribution in [-0.4, -0.2) is 31.3 Å². The van der Waals surface area contributed by atoms with Crippen molar-refractivity contribution in [3.05, 3.63) is 35.4 Å². The summed E-state index contributed by atoms with van der Waals surface area (Å²) in [6.45, 7) is 2.71. The van der Waals surface area contributed by atoms with E-state index >= 15 is 0 Å². The van der Waals surface area contributed by atoms with Gasteiger partial charge >= 0.3 is 0 Å². The number of rotatable bonds is 4. The molecule has 0 aromatic heterocycles. The van der Waals surface area contributed by atoms with Gasteiger partial charge in [0.15, 0.2) is 5.78 Å². The fourth-order valence-corrected chi connectivity index (χ4v) is 2.97. The molecule has 1 aromatic rings. The van der Waals surface area contributed by atoms with E-state index in [-0.39, 0.29) is 11.2 Å². The molecule has 0 atom stereocenters. The molecule has 1 saturated carbocycles. The van der Waals surface area contributed by atoms with E-state index in [0.717, 1.165) is 12.1 Å². The predicted octanol–water partition coefficient (Wildman–Crippen LogP) is 2.87. The highest BCUT2D eigenvalue weighted by Crippen LogP contribution is 2.45. The van der Waals surface area contributed by atoms with Crippen molar-refractivity contribution in [1.29, 1.82) is 0 Å². The van der Waals surface area contributed by atoms with Crippen LogP contribution in [0.15, 0.2) is 24.3 Å². The molecule has 1 fully saturated rings. The molecule has 1 aliphatic carbocycles. The number of Topliss-reactive ketones (excluding diaryl/α,β-unsaturated/α-hetero) is 1. The SMILES string of the molecule is CC(=O)c1ccccc1C1(CN(C)C)CCC1. The minimum Gasteiger partial charge on any atom is -0.309 e. The molecular formula is C15H21NO. The van der Waals surface area contributed by atoms with Crippen molar-refractivity contribution in [2.45, 2.75) is 31.6 Å². The smallest absolute Gasteiger partial charge is 0.160 e. The van der Waals surface area contributed by atoms with Gasteiger partial charge in [-0.2, -0.15) is 0 Å². The second-order valence-corrected chi connectivity index (χ2v) is 5.47. The number of ketones is 1. The summed E-state index contributed by atoms with van der Waals surface area (Å²) < 4.78 is 0. The van der Waals surface area contributed by atoms with Crippen LogP contribution in [0.3, 0.4) is 0 Å². The third kappa shape index (κ3) is 2.27. The lowest BCUT2D eigenvalue weighted by molar-refractivity contribution is 0.100. The second kappa shape index (κ2) is 4.61. The van der Waals surface area contributed by atoms with E-state index in [1.165, 1.54) is 24.8 Å². The zero-order valence-electron chi connectivity index (χ0n) is 11.0. The monoisotopic (exact) mass is 231 g/mol. The standard InChI is InChI=1S/C15H21NO/c1-12(17)13-7-4-5-8-14(13)15(9-6-10-15)11-16(2)3/h4-5,7-8H,6,9-11H2,1-3H3. The normalized spacial score (nSPS) is 17.9. The summed E-state index contributed by atoms with van der Waals surface area (Å²) in [5.74, 6) is 0.186. The minimum atomic E-state index is 0.186. The molecule has 92 valence electrons. The largest absolute Gasteiger partial charge is 0.309 e. The Hall–Kier alpha value is -1.15. The molecule has 1 aromatic carbocycles. The topological polar surface area (TPSA) is 20.3 Å². The number of carbonyl (C=O) groups is 1. The molecule has 0 unspecified atom stereocenters. The van der Waals surface area contributed by atoms with Gasteiger partial charge in [0.25, 0.3) is 0 Å². The maximum atomic E-state index is 11.7. The average molecular weight is 231 g/mol. The van der Waals surface area contributed by atoms with Gasteiger partial charge in [-0.25, -0.2) is 0 Å². The predicted molar refractivity (Wildman–Crippen MR) is 70.5 cm³/mol. The zero-order chi connectivity index (χ0) is 12.5. The maximum Gasteiger partial charge on any atom is 0.160 e. The highest BCUT2D eigenvalue weighted by atomic mass is 16.1. The Kier molecular flexibility index (Phi) is 3.34. The summed E-state index contributed by atoms with van der Waals surface area (Å²) in [7, 11) is 4.22. The molecular weight excluding hydrogens is 210 g/mol. The first kappa shape index (κ1) is 12.3. The highest BCUT2D eigenvalue weighted by molar-refractivity contribution is 5.96. The lowest BCUT2D eigenvalue weighted by Crippen LogP contribution is -2.44. The van der Waals surface area contributed by atoms with E-state index in [9.17, 15) is 4.79 Å². The summed E-state index contributed by atoms with van der Waals surface area (Å²) >= 11 is 0. The van der Waals surface area contributed by atoms with Crippen LogP contribution in [0.4, 0.5) is 0 Å². The first-order valence-corrected chi connectivity index (χ1v) is 6.30. The second-order valence-electron chi connectivity index (χ2n) is 5.47. The van der Waals surface area contributed by atoms with E-state index in [2.05, 4.69) is 31.1 Å². The van der Waals surface area contributed by atoms with Crippen molar-refractivity contribution in [3.63, 3.8) is 0 Å². The van der Waals surface area contributed by atoms with Crippen LogP contribution < -0.4 is 0 Å². The quantitative estimate of drug-likeness (QED) is 0.743. The summed E-state index contributed by atoms with van der Waals surface area (Å²) in [6, 6.07) is 8.12. The molecule has 2 nitrogen and oxygen atoms in total. The molecule has 17 heavy (non-hydrogen) atoms. The van der Waals surface area contributed by atoms with Crippen LogP contribution in [0.5, 0.6) is 0 Å². The van der Waals surface area contributed by atoms with Crippen LogP contribution >= 0.6 is 0 Å². The third-order valence-corrected chi connectivity index (χ3v) is 3.81. The number of hydrogen-bond acceptors (Lipinski definition) is 2. The Balaban J connectivity index is 2.40. The minimum absolute atomic E-state index is 0.186. The number of nitrogens with zero attached hydrogens (tertiary/aromatic N) is 1. The third-order valence-electron chi connectivity index (χ3n) is 3.81. The Bertz CT molecular complexity index is 419. The molecule has 0 aliphatic heterocycles. The Morgan fingerprint density at radius 3 is 2.41 bits per heavy atom. The van der Waals surface area contributed by atoms with Crippen molar-refractivity contribution in [2.75, 3.05) is 20.6 Å². The average Bonchev–Trinajstić information content (AvgIpc) is 2.23. The Morgan fingerprint density at radius 1 is 1.29 bits per heavy atom. The molecule has 0 radical (unpaired) electrons. The first-order valence-electron chi connectivity index (χ1n) is 6.30. The van der Waals surface area contributed by atoms with Crippen LogP contribution in [-0.2, 0) is 5.41 Å². The summed E-state index contributed by atoms with van der Waals surface area (Å²) in [6.07, 6.45) is 3.69. The van der Waals surface area contributed by atoms with E-state index in [4.69, 9.17) is 0 Å². The molecule has 0 amide bonds. The van der Waals surface area contributed by atoms with Gasteiger partial charge in [0, 0.05) is 17.5 Å². The van der Waals surface area contributed by atoms with Crippen LogP contribution in [0, 0.1) is 0 Å². The van der Waals surface area contributed by atoms with Gasteiger partial charge in [-0.15, -0.1) is 0 Å². The molecule has 0 bridgehead atoms. The summed E-state index contributed by atoms with van der Waals surface area (Å²) in [4.78, 5) is 14.0. The first-order chi connectivity index (χ1) is 8.05. The van der Waals surface area contributed by atoms with Crippen LogP contribution in [0.2, 0.25) is 0 Å². The van der Waals surface area contributed by atoms with Gasteiger partial charge in [0.1, 0.15) is 0 Å². The van der Waals surface area contributed by atoms with Crippen molar-refractivity contribution < 1.29 is 4.79 Å². The van der Waals surface area contributed by atoms with Gasteiger partial charge in [-0.1, -0.05) is 30.7 Å². The van der Waals surface area contributed by atoms with Crippen molar-refractivity contribution in [1.82, 2.24) is 4.90 Å². The summed E-state index contributed by atoms with van der Waals surface area (Å²) in [5.41, 5.74) is 2.38. The van der Waals surface area contributed by atoms with Crippen LogP contribution in [0.25, 0.3) is 0 Å². The van der Waals surface area contributed by atoms with Crippen molar-refractivity contribution in [2.24, 2.45) is 0 Å². The van der Waals surface area contributed by atoms with E-state index in [1.54, 1.807) is 6.92 Å². The molecule has 0 spiro atoms. The van der Waals surface area contributed by atoms with Gasteiger partial charge < -0.3 is 4.90 Å². The van der Waals surface area contributed by atoms with Gasteiger partial charge in [0.05, 0.1) is 0 Å². The number of likely N-dealkylation sites (N-methyl/N-ethyl adjacent to an activating group) is 1. The van der Waals surface area contributed by atoms with Gasteiger partial charge in [-0.05, 0) is 39.4 Å². The van der Waals surface area contributed by atoms with Crippen molar-refractivity contribution >= 4 is 5.78 Å². The van der Waals surface area contributed by atoms with E-state index < -0.39 is 0 Å². The van der Waals surface area contributed by atoms with E-state index in [0.29, 0.717) is 0 Å². The van der Waals surface area contributed by atoms with E-state index in [1.807, 2.05) is 12.1 Å². The lowest BCUT2D eigenvalue weighted by atomic mass is 9.63. The van der Waals surface area contributed by atoms with Crippen LogP contribution in [0.1, 0.15) is 42.1 Å². The molecule has 1 aliphatic rings. The molecule has 0 N–H and O–H groups in total.